The highest BCUT2D eigenvalue weighted by Gasteiger charge is 2.23. The maximum absolute atomic E-state index is 12.3. The molecule has 1 aromatic carbocycles. The fraction of sp³-hybridized carbons (Fsp3) is 0.600. The molecule has 0 aliphatic heterocycles. The Morgan fingerprint density at radius 1 is 1.10 bits per heavy atom. The minimum atomic E-state index is -3.88. The SMILES string of the molecule is CCOc1ccc(S(=O)(=O)NCC(=O)O[C@@H](C)C(=O)NC2CCCCCC2)cc1. The molecular weight excluding hydrogens is 396 g/mol. The Bertz CT molecular complexity index is 771. The van der Waals surface area contributed by atoms with E-state index < -0.39 is 28.6 Å². The van der Waals surface area contributed by atoms with Crippen molar-refractivity contribution in [2.24, 2.45) is 0 Å². The van der Waals surface area contributed by atoms with Crippen molar-refractivity contribution in [1.29, 1.82) is 0 Å². The quantitative estimate of drug-likeness (QED) is 0.462. The van der Waals surface area contributed by atoms with Crippen LogP contribution < -0.4 is 14.8 Å². The second kappa shape index (κ2) is 11.2. The third kappa shape index (κ3) is 7.66. The van der Waals surface area contributed by atoms with E-state index in [0.717, 1.165) is 25.7 Å². The molecule has 1 fully saturated rings. The van der Waals surface area contributed by atoms with Crippen LogP contribution in [0.2, 0.25) is 0 Å². The van der Waals surface area contributed by atoms with E-state index in [0.29, 0.717) is 12.4 Å². The van der Waals surface area contributed by atoms with Gasteiger partial charge in [0, 0.05) is 6.04 Å². The van der Waals surface area contributed by atoms with Crippen LogP contribution in [0, 0.1) is 0 Å². The minimum Gasteiger partial charge on any atom is -0.494 e. The number of esters is 1. The molecule has 1 saturated carbocycles. The molecule has 2 N–H and O–H groups in total. The number of hydrogen-bond donors (Lipinski definition) is 2. The fourth-order valence-corrected chi connectivity index (χ4v) is 4.12. The number of carbonyl (C=O) groups excluding carboxylic acids is 2. The van der Waals surface area contributed by atoms with Gasteiger partial charge in [0.25, 0.3) is 5.91 Å². The van der Waals surface area contributed by atoms with Gasteiger partial charge in [0.15, 0.2) is 6.10 Å². The maximum Gasteiger partial charge on any atom is 0.321 e. The predicted molar refractivity (Wildman–Crippen MR) is 108 cm³/mol. The highest BCUT2D eigenvalue weighted by molar-refractivity contribution is 7.89. The zero-order valence-corrected chi connectivity index (χ0v) is 17.8. The standard InChI is InChI=1S/C20H30N2O6S/c1-3-27-17-10-12-18(13-11-17)29(25,26)21-14-19(23)28-15(2)20(24)22-16-8-6-4-5-7-9-16/h10-13,15-16,21H,3-9,14H2,1-2H3,(H,22,24)/t15-/m0/s1. The van der Waals surface area contributed by atoms with Crippen molar-refractivity contribution in [3.63, 3.8) is 0 Å². The van der Waals surface area contributed by atoms with Gasteiger partial charge in [-0.15, -0.1) is 0 Å². The van der Waals surface area contributed by atoms with Gasteiger partial charge in [0.2, 0.25) is 10.0 Å². The second-order valence-corrected chi connectivity index (χ2v) is 8.83. The summed E-state index contributed by atoms with van der Waals surface area (Å²) in [5, 5.41) is 2.91. The summed E-state index contributed by atoms with van der Waals surface area (Å²) in [7, 11) is -3.88. The first-order chi connectivity index (χ1) is 13.8. The third-order valence-electron chi connectivity index (χ3n) is 4.73. The van der Waals surface area contributed by atoms with Gasteiger partial charge in [-0.05, 0) is 51.0 Å². The van der Waals surface area contributed by atoms with Crippen LogP contribution >= 0.6 is 0 Å². The molecular formula is C20H30N2O6S. The van der Waals surface area contributed by atoms with Crippen molar-refractivity contribution in [3.05, 3.63) is 24.3 Å². The van der Waals surface area contributed by atoms with Gasteiger partial charge in [-0.2, -0.15) is 4.72 Å². The van der Waals surface area contributed by atoms with E-state index in [4.69, 9.17) is 9.47 Å². The summed E-state index contributed by atoms with van der Waals surface area (Å²) < 4.78 is 37.1. The summed E-state index contributed by atoms with van der Waals surface area (Å²) in [6.07, 6.45) is 5.36. The molecule has 1 aliphatic carbocycles. The zero-order chi connectivity index (χ0) is 21.3. The average Bonchev–Trinajstić information content (AvgIpc) is 2.96. The van der Waals surface area contributed by atoms with Crippen molar-refractivity contribution in [3.8, 4) is 5.75 Å². The number of nitrogens with one attached hydrogen (secondary N) is 2. The predicted octanol–water partition coefficient (Wildman–Crippen LogP) is 2.13. The van der Waals surface area contributed by atoms with Crippen LogP contribution in [0.4, 0.5) is 0 Å². The normalized spacial score (nSPS) is 16.5. The van der Waals surface area contributed by atoms with Gasteiger partial charge in [0.1, 0.15) is 12.3 Å². The van der Waals surface area contributed by atoms with Crippen LogP contribution in [0.15, 0.2) is 29.2 Å². The number of carbonyl (C=O) groups is 2. The molecule has 0 heterocycles. The molecule has 9 heteroatoms. The molecule has 8 nitrogen and oxygen atoms in total. The van der Waals surface area contributed by atoms with Gasteiger partial charge in [0.05, 0.1) is 11.5 Å². The number of sulfonamides is 1. The summed E-state index contributed by atoms with van der Waals surface area (Å²) in [4.78, 5) is 24.2. The van der Waals surface area contributed by atoms with Crippen LogP contribution in [0.5, 0.6) is 5.75 Å². The first-order valence-electron chi connectivity index (χ1n) is 10.0. The van der Waals surface area contributed by atoms with Gasteiger partial charge < -0.3 is 14.8 Å². The van der Waals surface area contributed by atoms with Crippen LogP contribution in [-0.2, 0) is 24.3 Å². The van der Waals surface area contributed by atoms with Gasteiger partial charge in [-0.3, -0.25) is 9.59 Å². The van der Waals surface area contributed by atoms with E-state index in [1.807, 2.05) is 6.92 Å². The Labute approximate surface area is 172 Å². The number of ether oxygens (including phenoxy) is 2. The Morgan fingerprint density at radius 2 is 1.72 bits per heavy atom. The molecule has 0 aromatic heterocycles. The van der Waals surface area contributed by atoms with Crippen molar-refractivity contribution in [2.45, 2.75) is 69.4 Å². The first-order valence-corrected chi connectivity index (χ1v) is 11.5. The third-order valence-corrected chi connectivity index (χ3v) is 6.15. The maximum atomic E-state index is 12.3. The Kier molecular flexibility index (Phi) is 8.91. The van der Waals surface area contributed by atoms with Crippen LogP contribution in [0.1, 0.15) is 52.4 Å². The van der Waals surface area contributed by atoms with Crippen LogP contribution in [-0.4, -0.2) is 45.6 Å². The van der Waals surface area contributed by atoms with E-state index in [-0.39, 0.29) is 16.8 Å². The van der Waals surface area contributed by atoms with Gasteiger partial charge >= 0.3 is 5.97 Å². The van der Waals surface area contributed by atoms with Crippen molar-refractivity contribution < 1.29 is 27.5 Å². The topological polar surface area (TPSA) is 111 Å². The minimum absolute atomic E-state index is 0.00732. The van der Waals surface area contributed by atoms with Crippen molar-refractivity contribution >= 4 is 21.9 Å². The molecule has 1 aliphatic rings. The molecule has 162 valence electrons. The molecule has 0 bridgehead atoms. The van der Waals surface area contributed by atoms with Gasteiger partial charge in [-0.25, -0.2) is 8.42 Å². The number of hydrogen-bond acceptors (Lipinski definition) is 6. The summed E-state index contributed by atoms with van der Waals surface area (Å²) in [5.41, 5.74) is 0. The summed E-state index contributed by atoms with van der Waals surface area (Å²) in [6, 6.07) is 5.96. The molecule has 1 atom stereocenters. The van der Waals surface area contributed by atoms with E-state index in [9.17, 15) is 18.0 Å². The highest BCUT2D eigenvalue weighted by Crippen LogP contribution is 2.18. The molecule has 0 radical (unpaired) electrons. The molecule has 0 unspecified atom stereocenters. The smallest absolute Gasteiger partial charge is 0.321 e. The number of benzene rings is 1. The lowest BCUT2D eigenvalue weighted by atomic mass is 10.1. The Balaban J connectivity index is 1.80. The summed E-state index contributed by atoms with van der Waals surface area (Å²) >= 11 is 0. The molecule has 2 rings (SSSR count). The van der Waals surface area contributed by atoms with Crippen molar-refractivity contribution in [2.75, 3.05) is 13.2 Å². The lowest BCUT2D eigenvalue weighted by Crippen LogP contribution is -2.43. The average molecular weight is 427 g/mol. The molecule has 29 heavy (non-hydrogen) atoms. The fourth-order valence-electron chi connectivity index (χ4n) is 3.15. The molecule has 0 spiro atoms. The first kappa shape index (κ1) is 23.2. The summed E-state index contributed by atoms with van der Waals surface area (Å²) in [6.45, 7) is 3.22. The lowest BCUT2D eigenvalue weighted by Gasteiger charge is -2.19. The molecule has 1 aromatic rings. The Hall–Kier alpha value is -2.13. The van der Waals surface area contributed by atoms with E-state index in [1.165, 1.54) is 44.0 Å². The highest BCUT2D eigenvalue weighted by atomic mass is 32.2. The lowest BCUT2D eigenvalue weighted by molar-refractivity contribution is -0.153. The molecule has 0 saturated heterocycles. The number of amides is 1. The van der Waals surface area contributed by atoms with Crippen LogP contribution in [0.3, 0.4) is 0 Å². The van der Waals surface area contributed by atoms with E-state index in [2.05, 4.69) is 10.0 Å². The Morgan fingerprint density at radius 3 is 2.31 bits per heavy atom. The zero-order valence-electron chi connectivity index (χ0n) is 17.0. The summed E-state index contributed by atoms with van der Waals surface area (Å²) in [5.74, 6) is -0.623. The number of rotatable bonds is 9. The van der Waals surface area contributed by atoms with E-state index >= 15 is 0 Å². The van der Waals surface area contributed by atoms with Crippen molar-refractivity contribution in [1.82, 2.24) is 10.0 Å². The second-order valence-electron chi connectivity index (χ2n) is 7.06. The van der Waals surface area contributed by atoms with Crippen LogP contribution in [0.25, 0.3) is 0 Å². The monoisotopic (exact) mass is 426 g/mol. The van der Waals surface area contributed by atoms with E-state index in [1.54, 1.807) is 0 Å². The molecule has 1 amide bonds. The van der Waals surface area contributed by atoms with Gasteiger partial charge in [-0.1, -0.05) is 25.7 Å². The largest absolute Gasteiger partial charge is 0.494 e.